The highest BCUT2D eigenvalue weighted by molar-refractivity contribution is 6.39. The molecule has 7 heteroatoms. The third-order valence-corrected chi connectivity index (χ3v) is 5.90. The Balaban J connectivity index is 1.93. The number of imidazole rings is 1. The molecule has 0 amide bonds. The van der Waals surface area contributed by atoms with Gasteiger partial charge in [-0.3, -0.25) is 13.9 Å². The van der Waals surface area contributed by atoms with Crippen molar-refractivity contribution in [2.24, 2.45) is 0 Å². The molecule has 0 radical (unpaired) electrons. The van der Waals surface area contributed by atoms with Crippen LogP contribution in [0, 0.1) is 6.92 Å². The van der Waals surface area contributed by atoms with Gasteiger partial charge in [0.1, 0.15) is 7.85 Å². The monoisotopic (exact) mass is 403 g/mol. The van der Waals surface area contributed by atoms with Gasteiger partial charge in [0, 0.05) is 17.8 Å². The minimum atomic E-state index is -0.888. The van der Waals surface area contributed by atoms with Crippen LogP contribution in [0.1, 0.15) is 43.4 Å². The second-order valence-electron chi connectivity index (χ2n) is 8.03. The van der Waals surface area contributed by atoms with E-state index in [4.69, 9.17) is 0 Å². The Labute approximate surface area is 175 Å². The second-order valence-corrected chi connectivity index (χ2v) is 8.03. The number of fused-ring (bicyclic) bond motifs is 2. The average molecular weight is 403 g/mol. The Kier molecular flexibility index (Phi) is 5.28. The summed E-state index contributed by atoms with van der Waals surface area (Å²) in [5.41, 5.74) is 5.79. The van der Waals surface area contributed by atoms with Crippen molar-refractivity contribution in [1.29, 1.82) is 0 Å². The van der Waals surface area contributed by atoms with Gasteiger partial charge in [0.15, 0.2) is 0 Å². The Morgan fingerprint density at radius 1 is 1.23 bits per heavy atom. The van der Waals surface area contributed by atoms with Gasteiger partial charge in [0.25, 0.3) is 0 Å². The third-order valence-electron chi connectivity index (χ3n) is 5.90. The number of nitrogens with zero attached hydrogens (tertiary/aromatic N) is 2. The zero-order valence-corrected chi connectivity index (χ0v) is 17.6. The third kappa shape index (κ3) is 3.34. The zero-order valence-electron chi connectivity index (χ0n) is 17.6. The molecular weight excluding hydrogens is 377 g/mol. The van der Waals surface area contributed by atoms with Crippen molar-refractivity contribution in [1.82, 2.24) is 14.1 Å². The van der Waals surface area contributed by atoms with Crippen LogP contribution >= 0.6 is 0 Å². The predicted octanol–water partition coefficient (Wildman–Crippen LogP) is 2.72. The van der Waals surface area contributed by atoms with E-state index in [1.165, 1.54) is 0 Å². The molecular formula is C23H26BN3O3. The fraction of sp³-hybridized carbons (Fsp3) is 0.304. The van der Waals surface area contributed by atoms with Crippen molar-refractivity contribution in [3.63, 3.8) is 0 Å². The number of rotatable bonds is 7. The Morgan fingerprint density at radius 3 is 2.73 bits per heavy atom. The first kappa shape index (κ1) is 20.1. The molecule has 2 N–H and O–H groups in total. The smallest absolute Gasteiger partial charge is 0.329 e. The summed E-state index contributed by atoms with van der Waals surface area (Å²) < 4.78 is 3.49. The van der Waals surface area contributed by atoms with Crippen LogP contribution in [-0.2, 0) is 11.3 Å². The number of benzene rings is 2. The molecule has 0 spiro atoms. The first-order valence-electron chi connectivity index (χ1n) is 10.4. The van der Waals surface area contributed by atoms with Crippen LogP contribution in [0.3, 0.4) is 0 Å². The summed E-state index contributed by atoms with van der Waals surface area (Å²) in [6, 6.07) is 11.6. The average Bonchev–Trinajstić information content (AvgIpc) is 3.22. The first-order valence-corrected chi connectivity index (χ1v) is 10.4. The van der Waals surface area contributed by atoms with E-state index in [9.17, 15) is 14.7 Å². The second kappa shape index (κ2) is 7.90. The summed E-state index contributed by atoms with van der Waals surface area (Å²) in [5.74, 6) is -0.888. The van der Waals surface area contributed by atoms with Crippen LogP contribution in [0.5, 0.6) is 0 Å². The molecule has 154 valence electrons. The number of aryl methyl sites for hydroxylation is 1. The van der Waals surface area contributed by atoms with Crippen molar-refractivity contribution < 1.29 is 9.90 Å². The lowest BCUT2D eigenvalue weighted by Gasteiger charge is -2.16. The molecule has 1 unspecified atom stereocenters. The van der Waals surface area contributed by atoms with Crippen molar-refractivity contribution >= 4 is 41.2 Å². The van der Waals surface area contributed by atoms with E-state index >= 15 is 0 Å². The van der Waals surface area contributed by atoms with E-state index < -0.39 is 5.97 Å². The first-order chi connectivity index (χ1) is 14.4. The van der Waals surface area contributed by atoms with Gasteiger partial charge >= 0.3 is 11.7 Å². The lowest BCUT2D eigenvalue weighted by Crippen LogP contribution is -2.29. The van der Waals surface area contributed by atoms with Gasteiger partial charge in [0.2, 0.25) is 0 Å². The number of hydrogen-bond donors (Lipinski definition) is 2. The molecule has 0 bridgehead atoms. The Bertz CT molecular complexity index is 1300. The topological polar surface area (TPSA) is 80.0 Å². The number of nitrogens with one attached hydrogen (secondary N) is 1. The van der Waals surface area contributed by atoms with Gasteiger partial charge in [-0.2, -0.15) is 0 Å². The molecule has 6 nitrogen and oxygen atoms in total. The number of carboxylic acids is 1. The van der Waals surface area contributed by atoms with E-state index in [1.807, 2.05) is 50.4 Å². The normalized spacial score (nSPS) is 12.6. The van der Waals surface area contributed by atoms with Gasteiger partial charge < -0.3 is 10.1 Å². The quantitative estimate of drug-likeness (QED) is 0.466. The number of H-pyrrole nitrogens is 1. The van der Waals surface area contributed by atoms with Gasteiger partial charge in [-0.1, -0.05) is 43.1 Å². The van der Waals surface area contributed by atoms with Gasteiger partial charge in [-0.15, -0.1) is 0 Å². The largest absolute Gasteiger partial charge is 0.481 e. The fourth-order valence-corrected chi connectivity index (χ4v) is 4.62. The zero-order chi connectivity index (χ0) is 21.4. The molecule has 30 heavy (non-hydrogen) atoms. The maximum Gasteiger partial charge on any atom is 0.329 e. The highest BCUT2D eigenvalue weighted by Crippen LogP contribution is 2.26. The minimum absolute atomic E-state index is 0.0625. The van der Waals surface area contributed by atoms with Crippen molar-refractivity contribution in [2.75, 3.05) is 0 Å². The van der Waals surface area contributed by atoms with E-state index in [0.717, 1.165) is 44.9 Å². The number of aliphatic carboxylic acids is 1. The van der Waals surface area contributed by atoms with E-state index in [0.29, 0.717) is 13.0 Å². The summed E-state index contributed by atoms with van der Waals surface area (Å²) in [7, 11) is 2.07. The molecule has 0 saturated carbocycles. The molecule has 0 aliphatic heterocycles. The molecule has 2 heterocycles. The van der Waals surface area contributed by atoms with Crippen molar-refractivity contribution in [2.45, 2.75) is 45.7 Å². The van der Waals surface area contributed by atoms with Crippen LogP contribution < -0.4 is 11.2 Å². The molecule has 0 saturated heterocycles. The van der Waals surface area contributed by atoms with Crippen molar-refractivity contribution in [3.8, 4) is 0 Å². The maximum absolute atomic E-state index is 13.6. The maximum atomic E-state index is 13.6. The van der Waals surface area contributed by atoms with Crippen LogP contribution in [0.4, 0.5) is 0 Å². The molecule has 4 rings (SSSR count). The van der Waals surface area contributed by atoms with Gasteiger partial charge in [-0.25, -0.2) is 4.79 Å². The summed E-state index contributed by atoms with van der Waals surface area (Å²) >= 11 is 0. The Morgan fingerprint density at radius 2 is 2.00 bits per heavy atom. The van der Waals surface area contributed by atoms with Crippen LogP contribution in [0.2, 0.25) is 0 Å². The summed E-state index contributed by atoms with van der Waals surface area (Å²) in [6.07, 6.45) is 3.36. The molecule has 4 aromatic rings. The number of carbonyl (C=O) groups is 1. The summed E-state index contributed by atoms with van der Waals surface area (Å²) in [6.45, 7) is 4.44. The van der Waals surface area contributed by atoms with E-state index in [2.05, 4.69) is 18.9 Å². The van der Waals surface area contributed by atoms with Crippen LogP contribution in [0.25, 0.3) is 21.9 Å². The van der Waals surface area contributed by atoms with Gasteiger partial charge in [-0.05, 0) is 42.0 Å². The van der Waals surface area contributed by atoms with Crippen LogP contribution in [-0.4, -0.2) is 33.0 Å². The minimum Gasteiger partial charge on any atom is -0.481 e. The molecule has 2 aromatic heterocycles. The molecule has 0 aliphatic rings. The fourth-order valence-electron chi connectivity index (χ4n) is 4.62. The van der Waals surface area contributed by atoms with E-state index in [1.54, 1.807) is 9.13 Å². The van der Waals surface area contributed by atoms with Crippen molar-refractivity contribution in [3.05, 3.63) is 64.2 Å². The molecule has 0 fully saturated rings. The summed E-state index contributed by atoms with van der Waals surface area (Å²) in [5, 5.41) is 10.6. The van der Waals surface area contributed by atoms with Gasteiger partial charge in [0.05, 0.1) is 24.0 Å². The predicted molar refractivity (Wildman–Crippen MR) is 123 cm³/mol. The van der Waals surface area contributed by atoms with E-state index in [-0.39, 0.29) is 18.2 Å². The molecule has 0 aliphatic carbocycles. The number of hydrogen-bond acceptors (Lipinski definition) is 2. The molecule has 1 atom stereocenters. The highest BCUT2D eigenvalue weighted by atomic mass is 16.4. The lowest BCUT2D eigenvalue weighted by molar-refractivity contribution is -0.137. The lowest BCUT2D eigenvalue weighted by atomic mass is 9.91. The highest BCUT2D eigenvalue weighted by Gasteiger charge is 2.23. The SMILES string of the molecule is Bc1cccc2[nH]cc(Cn3c(=O)n(C(CCC)CC(=O)O)c4cccc(C)c43)c12. The number of carboxylic acid groups (broad SMARTS) is 1. The van der Waals surface area contributed by atoms with Crippen LogP contribution in [0.15, 0.2) is 47.4 Å². The Hall–Kier alpha value is -3.22. The molecule has 2 aromatic carbocycles. The summed E-state index contributed by atoms with van der Waals surface area (Å²) in [4.78, 5) is 28.4. The number of aromatic nitrogens is 3. The number of aromatic amines is 1. The number of para-hydroxylation sites is 1. The standard InChI is InChI=1S/C23H26BN3O3/c1-3-6-16(11-20(28)29)27-19-10-4-7-14(2)22(19)26(23(27)30)13-15-12-25-18-9-5-8-17(24)21(15)18/h4-5,7-10,12,16,25H,3,6,11,13,24H2,1-2H3,(H,28,29).